The minimum atomic E-state index is -0.799. The Morgan fingerprint density at radius 2 is 2.05 bits per heavy atom. The molecule has 3 rings (SSSR count). The van der Waals surface area contributed by atoms with E-state index in [4.69, 9.17) is 6.57 Å². The first-order chi connectivity index (χ1) is 10.7. The number of rotatable bonds is 2. The van der Waals surface area contributed by atoms with Crippen LogP contribution < -0.4 is 4.90 Å². The quantitative estimate of drug-likeness (QED) is 0.791. The van der Waals surface area contributed by atoms with Crippen molar-refractivity contribution in [2.75, 3.05) is 11.4 Å². The molecule has 0 aliphatic carbocycles. The Kier molecular flexibility index (Phi) is 3.72. The van der Waals surface area contributed by atoms with Crippen LogP contribution in [-0.4, -0.2) is 16.5 Å². The van der Waals surface area contributed by atoms with Crippen molar-refractivity contribution in [3.63, 3.8) is 0 Å². The standard InChI is InChI=1S/C16H14F2N4/c1-3-14-11-4-5-13(17)15(18)12(11)6-7-22(14)10-8-20-16(19-2)21-9-10/h4-5,8-9,14H,3,6-7H2,1H3. The van der Waals surface area contributed by atoms with Crippen LogP contribution in [0.1, 0.15) is 30.5 Å². The summed E-state index contributed by atoms with van der Waals surface area (Å²) in [6.07, 6.45) is 4.39. The van der Waals surface area contributed by atoms with Crippen LogP contribution in [0.5, 0.6) is 0 Å². The lowest BCUT2D eigenvalue weighted by Gasteiger charge is -2.37. The van der Waals surface area contributed by atoms with Crippen LogP contribution in [0, 0.1) is 18.2 Å². The lowest BCUT2D eigenvalue weighted by atomic mass is 9.90. The largest absolute Gasteiger partial charge is 0.394 e. The molecule has 0 saturated heterocycles. The van der Waals surface area contributed by atoms with Gasteiger partial charge in [0, 0.05) is 6.54 Å². The molecule has 2 aromatic rings. The molecule has 0 amide bonds. The van der Waals surface area contributed by atoms with Crippen LogP contribution in [0.2, 0.25) is 0 Å². The van der Waals surface area contributed by atoms with Crippen molar-refractivity contribution in [2.24, 2.45) is 0 Å². The van der Waals surface area contributed by atoms with E-state index in [-0.39, 0.29) is 12.0 Å². The van der Waals surface area contributed by atoms with Crippen molar-refractivity contribution in [1.29, 1.82) is 0 Å². The predicted molar refractivity (Wildman–Crippen MR) is 78.7 cm³/mol. The molecule has 22 heavy (non-hydrogen) atoms. The molecule has 112 valence electrons. The van der Waals surface area contributed by atoms with Crippen molar-refractivity contribution in [2.45, 2.75) is 25.8 Å². The first-order valence-electron chi connectivity index (χ1n) is 7.08. The Hall–Kier alpha value is -2.55. The average molecular weight is 300 g/mol. The van der Waals surface area contributed by atoms with E-state index >= 15 is 0 Å². The summed E-state index contributed by atoms with van der Waals surface area (Å²) in [6.45, 7) is 9.45. The summed E-state index contributed by atoms with van der Waals surface area (Å²) in [7, 11) is 0. The van der Waals surface area contributed by atoms with Crippen molar-refractivity contribution < 1.29 is 8.78 Å². The maximum atomic E-state index is 14.0. The van der Waals surface area contributed by atoms with Gasteiger partial charge in [0.2, 0.25) is 0 Å². The molecule has 1 atom stereocenters. The maximum absolute atomic E-state index is 14.0. The fraction of sp³-hybridized carbons (Fsp3) is 0.312. The molecule has 4 nitrogen and oxygen atoms in total. The Labute approximate surface area is 127 Å². The number of aromatic nitrogens is 2. The molecular weight excluding hydrogens is 286 g/mol. The van der Waals surface area contributed by atoms with Gasteiger partial charge in [0.1, 0.15) is 18.1 Å². The number of benzene rings is 1. The lowest BCUT2D eigenvalue weighted by Crippen LogP contribution is -2.36. The molecule has 0 saturated carbocycles. The van der Waals surface area contributed by atoms with Gasteiger partial charge in [-0.05, 0) is 30.0 Å². The van der Waals surface area contributed by atoms with Crippen molar-refractivity contribution in [1.82, 2.24) is 9.97 Å². The second-order valence-electron chi connectivity index (χ2n) is 5.15. The smallest absolute Gasteiger partial charge is 0.371 e. The van der Waals surface area contributed by atoms with E-state index in [9.17, 15) is 8.78 Å². The molecule has 1 unspecified atom stereocenters. The molecule has 1 aliphatic rings. The second kappa shape index (κ2) is 5.68. The fourth-order valence-corrected chi connectivity index (χ4v) is 3.00. The summed E-state index contributed by atoms with van der Waals surface area (Å²) in [5, 5.41) is 0. The highest BCUT2D eigenvalue weighted by Gasteiger charge is 2.30. The molecular formula is C16H14F2N4. The highest BCUT2D eigenvalue weighted by Crippen LogP contribution is 2.36. The van der Waals surface area contributed by atoms with Crippen LogP contribution in [0.25, 0.3) is 4.85 Å². The summed E-state index contributed by atoms with van der Waals surface area (Å²) in [4.78, 5) is 13.2. The third kappa shape index (κ3) is 2.29. The number of hydrogen-bond acceptors (Lipinski definition) is 3. The molecule has 1 aromatic carbocycles. The third-order valence-corrected chi connectivity index (χ3v) is 4.01. The van der Waals surface area contributed by atoms with Gasteiger partial charge in [-0.25, -0.2) is 8.78 Å². The topological polar surface area (TPSA) is 33.4 Å². The third-order valence-electron chi connectivity index (χ3n) is 4.01. The summed E-state index contributed by atoms with van der Waals surface area (Å²) < 4.78 is 27.4. The minimum Gasteiger partial charge on any atom is -0.394 e. The molecule has 0 radical (unpaired) electrons. The molecule has 0 N–H and O–H groups in total. The van der Waals surface area contributed by atoms with Crippen LogP contribution in [-0.2, 0) is 6.42 Å². The van der Waals surface area contributed by atoms with Crippen molar-refractivity contribution >= 4 is 11.6 Å². The minimum absolute atomic E-state index is 0.0544. The highest BCUT2D eigenvalue weighted by atomic mass is 19.2. The van der Waals surface area contributed by atoms with E-state index in [2.05, 4.69) is 19.7 Å². The zero-order valence-electron chi connectivity index (χ0n) is 12.1. The Morgan fingerprint density at radius 3 is 2.68 bits per heavy atom. The van der Waals surface area contributed by atoms with E-state index < -0.39 is 11.6 Å². The van der Waals surface area contributed by atoms with Crippen LogP contribution in [0.15, 0.2) is 24.5 Å². The van der Waals surface area contributed by atoms with Gasteiger partial charge in [-0.3, -0.25) is 0 Å². The molecule has 6 heteroatoms. The summed E-state index contributed by atoms with van der Waals surface area (Å²) in [6, 6.07) is 2.78. The normalized spacial score (nSPS) is 17.0. The summed E-state index contributed by atoms with van der Waals surface area (Å²) in [5.74, 6) is -1.44. The van der Waals surface area contributed by atoms with Crippen molar-refractivity contribution in [3.05, 3.63) is 58.7 Å². The zero-order valence-corrected chi connectivity index (χ0v) is 12.1. The van der Waals surface area contributed by atoms with E-state index in [1.54, 1.807) is 18.5 Å². The molecule has 1 aromatic heterocycles. The van der Waals surface area contributed by atoms with Gasteiger partial charge in [0.05, 0.1) is 6.04 Å². The predicted octanol–water partition coefficient (Wildman–Crippen LogP) is 3.82. The van der Waals surface area contributed by atoms with Crippen LogP contribution in [0.3, 0.4) is 0 Å². The maximum Gasteiger partial charge on any atom is 0.371 e. The number of hydrogen-bond donors (Lipinski definition) is 0. The number of halogens is 2. The Balaban J connectivity index is 2.01. The zero-order chi connectivity index (χ0) is 15.7. The SMILES string of the molecule is [C-]#[N+]c1ncc(N2CCc3c(ccc(F)c3F)C2CC)cn1. The molecule has 0 bridgehead atoms. The highest BCUT2D eigenvalue weighted by molar-refractivity contribution is 5.51. The van der Waals surface area contributed by atoms with Crippen molar-refractivity contribution in [3.8, 4) is 0 Å². The lowest BCUT2D eigenvalue weighted by molar-refractivity contribution is 0.477. The van der Waals surface area contributed by atoms with E-state index in [0.29, 0.717) is 18.5 Å². The summed E-state index contributed by atoms with van der Waals surface area (Å²) in [5.41, 5.74) is 2.05. The second-order valence-corrected chi connectivity index (χ2v) is 5.15. The van der Waals surface area contributed by atoms with Gasteiger partial charge in [0.15, 0.2) is 11.6 Å². The monoisotopic (exact) mass is 300 g/mol. The van der Waals surface area contributed by atoms with Crippen LogP contribution in [0.4, 0.5) is 20.4 Å². The van der Waals surface area contributed by atoms with Gasteiger partial charge in [-0.1, -0.05) is 13.0 Å². The van der Waals surface area contributed by atoms with Gasteiger partial charge in [0.25, 0.3) is 0 Å². The fourth-order valence-electron chi connectivity index (χ4n) is 3.00. The Morgan fingerprint density at radius 1 is 1.32 bits per heavy atom. The van der Waals surface area contributed by atoms with E-state index in [0.717, 1.165) is 17.7 Å². The molecule has 2 heterocycles. The molecule has 0 spiro atoms. The molecule has 1 aliphatic heterocycles. The molecule has 0 fully saturated rings. The van der Waals surface area contributed by atoms with Gasteiger partial charge in [-0.2, -0.15) is 9.97 Å². The van der Waals surface area contributed by atoms with Gasteiger partial charge in [-0.15, -0.1) is 6.57 Å². The Bertz CT molecular complexity index is 737. The number of nitrogens with zero attached hydrogens (tertiary/aromatic N) is 4. The number of fused-ring (bicyclic) bond motifs is 1. The summed E-state index contributed by atoms with van der Waals surface area (Å²) >= 11 is 0. The average Bonchev–Trinajstić information content (AvgIpc) is 2.57. The van der Waals surface area contributed by atoms with E-state index in [1.165, 1.54) is 6.07 Å². The van der Waals surface area contributed by atoms with Gasteiger partial charge < -0.3 is 9.74 Å². The first kappa shape index (κ1) is 14.4. The van der Waals surface area contributed by atoms with Gasteiger partial charge >= 0.3 is 5.95 Å². The number of anilines is 1. The van der Waals surface area contributed by atoms with E-state index in [1.807, 2.05) is 6.92 Å². The van der Waals surface area contributed by atoms with Crippen LogP contribution >= 0.6 is 0 Å². The first-order valence-corrected chi connectivity index (χ1v) is 7.08.